The third-order valence-electron chi connectivity index (χ3n) is 7.94. The van der Waals surface area contributed by atoms with E-state index in [2.05, 4.69) is 46.1 Å². The maximum absolute atomic E-state index is 12.9. The normalized spacial score (nSPS) is 14.2. The Hall–Kier alpha value is -4.34. The van der Waals surface area contributed by atoms with Crippen LogP contribution in [0, 0.1) is 5.92 Å². The van der Waals surface area contributed by atoms with Crippen LogP contribution >= 0.6 is 0 Å². The number of hydrogen-bond donors (Lipinski definition) is 2. The van der Waals surface area contributed by atoms with E-state index in [0.29, 0.717) is 44.6 Å². The van der Waals surface area contributed by atoms with Crippen LogP contribution in [0.2, 0.25) is 0 Å². The van der Waals surface area contributed by atoms with Gasteiger partial charge in [-0.3, -0.25) is 0 Å². The van der Waals surface area contributed by atoms with Crippen LogP contribution in [0.25, 0.3) is 11.2 Å². The molecule has 2 N–H and O–H groups in total. The average Bonchev–Trinajstić information content (AvgIpc) is 3.44. The van der Waals surface area contributed by atoms with Crippen molar-refractivity contribution in [2.75, 3.05) is 55.4 Å². The summed E-state index contributed by atoms with van der Waals surface area (Å²) in [6, 6.07) is 17.6. The van der Waals surface area contributed by atoms with Crippen molar-refractivity contribution in [1.29, 1.82) is 0 Å². The summed E-state index contributed by atoms with van der Waals surface area (Å²) in [5, 5.41) is 6.61. The molecule has 1 atom stereocenters. The minimum Gasteiger partial charge on any atom is -0.497 e. The lowest BCUT2D eigenvalue weighted by atomic mass is 9.99. The number of rotatable bonds is 12. The molecule has 42 heavy (non-hydrogen) atoms. The number of amides is 2. The lowest BCUT2D eigenvalue weighted by Gasteiger charge is -2.34. The molecule has 3 heterocycles. The summed E-state index contributed by atoms with van der Waals surface area (Å²) < 4.78 is 7.30. The van der Waals surface area contributed by atoms with E-state index in [1.807, 2.05) is 53.7 Å². The Morgan fingerprint density at radius 3 is 2.45 bits per heavy atom. The number of carbonyl (C=O) groups is 1. The van der Waals surface area contributed by atoms with E-state index in [9.17, 15) is 4.79 Å². The maximum Gasteiger partial charge on any atom is 0.321 e. The van der Waals surface area contributed by atoms with Crippen LogP contribution in [0.3, 0.4) is 0 Å². The Balaban J connectivity index is 1.32. The van der Waals surface area contributed by atoms with Gasteiger partial charge < -0.3 is 29.7 Å². The van der Waals surface area contributed by atoms with Gasteiger partial charge in [0.2, 0.25) is 5.95 Å². The summed E-state index contributed by atoms with van der Waals surface area (Å²) in [5.74, 6) is 2.77. The van der Waals surface area contributed by atoms with E-state index in [4.69, 9.17) is 19.7 Å². The molecule has 1 aliphatic heterocycles. The Bertz CT molecular complexity index is 1430. The number of urea groups is 1. The first-order valence-corrected chi connectivity index (χ1v) is 15.0. The van der Waals surface area contributed by atoms with Gasteiger partial charge in [0.25, 0.3) is 0 Å². The zero-order valence-corrected chi connectivity index (χ0v) is 24.9. The van der Waals surface area contributed by atoms with Crippen molar-refractivity contribution in [2.24, 2.45) is 5.92 Å². The first-order chi connectivity index (χ1) is 20.6. The molecule has 0 radical (unpaired) electrons. The minimum absolute atomic E-state index is 0.114. The molecule has 0 spiro atoms. The summed E-state index contributed by atoms with van der Waals surface area (Å²) in [6.07, 6.45) is 6.61. The minimum atomic E-state index is -0.114. The molecule has 10 nitrogen and oxygen atoms in total. The fraction of sp³-hybridized carbons (Fsp3) is 0.438. The average molecular weight is 571 g/mol. The lowest BCUT2D eigenvalue weighted by Crippen LogP contribution is -2.50. The standard InChI is InChI=1S/C32H42N8O2/c1-4-6-10-24(5-2)21-33-29-28-30(40(23-34-28)22-25-11-8-7-9-12-25)37-31(36-29)38-17-19-39(20-18-38)32(41)35-26-13-15-27(42-3)16-14-26/h7-9,11-16,23-24H,4-6,10,17-22H2,1-3H3,(H,35,41)(H,33,36,37). The molecule has 1 saturated heterocycles. The van der Waals surface area contributed by atoms with Crippen molar-refractivity contribution in [3.63, 3.8) is 0 Å². The number of unbranched alkanes of at least 4 members (excludes halogenated alkanes) is 1. The Morgan fingerprint density at radius 2 is 1.76 bits per heavy atom. The fourth-order valence-corrected chi connectivity index (χ4v) is 5.26. The molecular weight excluding hydrogens is 528 g/mol. The van der Waals surface area contributed by atoms with Gasteiger partial charge in [-0.1, -0.05) is 63.4 Å². The first kappa shape index (κ1) is 29.2. The summed E-state index contributed by atoms with van der Waals surface area (Å²) in [7, 11) is 1.63. The predicted molar refractivity (Wildman–Crippen MR) is 168 cm³/mol. The molecule has 2 aromatic heterocycles. The Labute approximate surface area is 248 Å². The van der Waals surface area contributed by atoms with Crippen molar-refractivity contribution in [2.45, 2.75) is 46.1 Å². The number of fused-ring (bicyclic) bond motifs is 1. The quantitative estimate of drug-likeness (QED) is 0.220. The summed E-state index contributed by atoms with van der Waals surface area (Å²) in [4.78, 5) is 31.7. The van der Waals surface area contributed by atoms with E-state index < -0.39 is 0 Å². The van der Waals surface area contributed by atoms with Gasteiger partial charge in [-0.2, -0.15) is 9.97 Å². The van der Waals surface area contributed by atoms with E-state index in [-0.39, 0.29) is 6.03 Å². The highest BCUT2D eigenvalue weighted by atomic mass is 16.5. The third kappa shape index (κ3) is 7.10. The monoisotopic (exact) mass is 570 g/mol. The number of anilines is 3. The number of imidazole rings is 1. The fourth-order valence-electron chi connectivity index (χ4n) is 5.26. The van der Waals surface area contributed by atoms with Gasteiger partial charge in [-0.05, 0) is 42.2 Å². The van der Waals surface area contributed by atoms with Crippen LogP contribution in [0.5, 0.6) is 5.75 Å². The second-order valence-electron chi connectivity index (χ2n) is 10.8. The van der Waals surface area contributed by atoms with E-state index in [0.717, 1.165) is 41.4 Å². The van der Waals surface area contributed by atoms with Crippen molar-refractivity contribution in [3.05, 3.63) is 66.5 Å². The number of carbonyl (C=O) groups excluding carboxylic acids is 1. The number of methoxy groups -OCH3 is 1. The summed E-state index contributed by atoms with van der Waals surface area (Å²) in [5.41, 5.74) is 3.53. The highest BCUT2D eigenvalue weighted by molar-refractivity contribution is 5.89. The van der Waals surface area contributed by atoms with Crippen molar-refractivity contribution in [1.82, 2.24) is 24.4 Å². The maximum atomic E-state index is 12.9. The highest BCUT2D eigenvalue weighted by Gasteiger charge is 2.25. The number of piperazine rings is 1. The molecule has 10 heteroatoms. The van der Waals surface area contributed by atoms with Crippen LogP contribution in [-0.4, -0.2) is 70.3 Å². The van der Waals surface area contributed by atoms with Gasteiger partial charge in [0, 0.05) is 38.4 Å². The zero-order valence-electron chi connectivity index (χ0n) is 24.9. The molecule has 0 bridgehead atoms. The second-order valence-corrected chi connectivity index (χ2v) is 10.8. The van der Waals surface area contributed by atoms with Crippen LogP contribution in [0.4, 0.5) is 22.2 Å². The molecule has 2 amide bonds. The predicted octanol–water partition coefficient (Wildman–Crippen LogP) is 5.87. The Morgan fingerprint density at radius 1 is 1.00 bits per heavy atom. The molecule has 2 aromatic carbocycles. The van der Waals surface area contributed by atoms with Crippen LogP contribution in [0.1, 0.15) is 45.1 Å². The van der Waals surface area contributed by atoms with Gasteiger partial charge in [-0.15, -0.1) is 0 Å². The third-order valence-corrected chi connectivity index (χ3v) is 7.94. The van der Waals surface area contributed by atoms with Crippen LogP contribution < -0.4 is 20.3 Å². The summed E-state index contributed by atoms with van der Waals surface area (Å²) >= 11 is 0. The number of nitrogens with zero attached hydrogens (tertiary/aromatic N) is 6. The zero-order chi connectivity index (χ0) is 29.3. The van der Waals surface area contributed by atoms with E-state index >= 15 is 0 Å². The highest BCUT2D eigenvalue weighted by Crippen LogP contribution is 2.25. The van der Waals surface area contributed by atoms with Gasteiger partial charge in [0.15, 0.2) is 17.0 Å². The molecule has 1 unspecified atom stereocenters. The smallest absolute Gasteiger partial charge is 0.321 e. The number of aromatic nitrogens is 4. The number of nitrogens with one attached hydrogen (secondary N) is 2. The van der Waals surface area contributed by atoms with Gasteiger partial charge in [0.1, 0.15) is 5.75 Å². The molecule has 4 aromatic rings. The molecular formula is C32H42N8O2. The molecule has 0 aliphatic carbocycles. The van der Waals surface area contributed by atoms with E-state index in [1.54, 1.807) is 7.11 Å². The van der Waals surface area contributed by atoms with Gasteiger partial charge in [-0.25, -0.2) is 9.78 Å². The first-order valence-electron chi connectivity index (χ1n) is 15.0. The van der Waals surface area contributed by atoms with Crippen molar-refractivity contribution < 1.29 is 9.53 Å². The van der Waals surface area contributed by atoms with Crippen molar-refractivity contribution in [3.8, 4) is 5.75 Å². The lowest BCUT2D eigenvalue weighted by molar-refractivity contribution is 0.208. The topological polar surface area (TPSA) is 100 Å². The largest absolute Gasteiger partial charge is 0.497 e. The van der Waals surface area contributed by atoms with Crippen LogP contribution in [0.15, 0.2) is 60.9 Å². The molecule has 0 saturated carbocycles. The molecule has 222 valence electrons. The van der Waals surface area contributed by atoms with E-state index in [1.165, 1.54) is 24.8 Å². The Kier molecular flexibility index (Phi) is 9.74. The molecule has 5 rings (SSSR count). The SMILES string of the molecule is CCCCC(CC)CNc1nc(N2CCN(C(=O)Nc3ccc(OC)cc3)CC2)nc2c1ncn2Cc1ccccc1. The van der Waals surface area contributed by atoms with Gasteiger partial charge >= 0.3 is 6.03 Å². The molecule has 1 fully saturated rings. The number of ether oxygens (including phenoxy) is 1. The second kappa shape index (κ2) is 14.0. The summed E-state index contributed by atoms with van der Waals surface area (Å²) in [6.45, 7) is 8.45. The molecule has 1 aliphatic rings. The number of benzene rings is 2. The van der Waals surface area contributed by atoms with Crippen molar-refractivity contribution >= 4 is 34.6 Å². The van der Waals surface area contributed by atoms with Gasteiger partial charge in [0.05, 0.1) is 20.0 Å². The van der Waals surface area contributed by atoms with Crippen LogP contribution in [-0.2, 0) is 6.54 Å². The number of hydrogen-bond acceptors (Lipinski definition) is 7.